The maximum atomic E-state index is 13.4. The minimum atomic E-state index is -0.642. The standard InChI is InChI=1S/C41H70N4O9/c1-12-51-33-19-17-32(18-20-33)15-13-14-16-34(38(49)50-11)45-27-25-43(30-36(47)53-40(5,6)7)23-21-42(29-35(46)52-39(2,3)4)22-24-44(26-28-45)31-37(48)54-41(8,9)10/h17-20,34H,12-16,21-31H2,1-11H3/t34-/m0/s1. The molecule has 0 radical (unpaired) electrons. The third-order valence-electron chi connectivity index (χ3n) is 8.53. The first-order valence-electron chi connectivity index (χ1n) is 19.5. The summed E-state index contributed by atoms with van der Waals surface area (Å²) in [6.45, 7) is 23.0. The number of carbonyl (C=O) groups is 4. The van der Waals surface area contributed by atoms with Gasteiger partial charge >= 0.3 is 23.9 Å². The van der Waals surface area contributed by atoms with Crippen molar-refractivity contribution in [1.29, 1.82) is 0 Å². The summed E-state index contributed by atoms with van der Waals surface area (Å²) >= 11 is 0. The first-order chi connectivity index (χ1) is 25.2. The maximum Gasteiger partial charge on any atom is 0.323 e. The van der Waals surface area contributed by atoms with Crippen LogP contribution in [-0.4, -0.2) is 152 Å². The summed E-state index contributed by atoms with van der Waals surface area (Å²) in [5, 5.41) is 0. The van der Waals surface area contributed by atoms with Gasteiger partial charge in [0.15, 0.2) is 0 Å². The zero-order valence-corrected chi connectivity index (χ0v) is 35.2. The smallest absolute Gasteiger partial charge is 0.323 e. The fourth-order valence-electron chi connectivity index (χ4n) is 6.18. The summed E-state index contributed by atoms with van der Waals surface area (Å²) in [6, 6.07) is 7.59. The van der Waals surface area contributed by atoms with Crippen LogP contribution in [0.4, 0.5) is 0 Å². The highest BCUT2D eigenvalue weighted by molar-refractivity contribution is 5.75. The first-order valence-corrected chi connectivity index (χ1v) is 19.5. The Morgan fingerprint density at radius 2 is 1.00 bits per heavy atom. The molecule has 1 aliphatic rings. The number of hydrogen-bond acceptors (Lipinski definition) is 13. The molecule has 0 spiro atoms. The summed E-state index contributed by atoms with van der Waals surface area (Å²) in [7, 11) is 1.41. The minimum Gasteiger partial charge on any atom is -0.494 e. The van der Waals surface area contributed by atoms with Crippen molar-refractivity contribution >= 4 is 23.9 Å². The van der Waals surface area contributed by atoms with Crippen LogP contribution in [-0.2, 0) is 44.5 Å². The van der Waals surface area contributed by atoms with Crippen LogP contribution in [0.3, 0.4) is 0 Å². The molecular formula is C41H70N4O9. The van der Waals surface area contributed by atoms with E-state index in [0.29, 0.717) is 65.4 Å². The highest BCUT2D eigenvalue weighted by atomic mass is 16.6. The summed E-state index contributed by atoms with van der Waals surface area (Å²) in [6.07, 6.45) is 3.14. The molecule has 0 aliphatic carbocycles. The van der Waals surface area contributed by atoms with Crippen LogP contribution in [0.25, 0.3) is 0 Å². The molecule has 1 heterocycles. The molecule has 1 aromatic rings. The number of benzene rings is 1. The highest BCUT2D eigenvalue weighted by Crippen LogP contribution is 2.18. The van der Waals surface area contributed by atoms with Crippen LogP contribution in [0.5, 0.6) is 5.75 Å². The van der Waals surface area contributed by atoms with Gasteiger partial charge in [-0.25, -0.2) is 0 Å². The van der Waals surface area contributed by atoms with E-state index in [4.69, 9.17) is 23.7 Å². The molecule has 308 valence electrons. The third kappa shape index (κ3) is 20.4. The van der Waals surface area contributed by atoms with Gasteiger partial charge in [0.1, 0.15) is 28.6 Å². The number of carbonyl (C=O) groups excluding carboxylic acids is 4. The molecule has 54 heavy (non-hydrogen) atoms. The maximum absolute atomic E-state index is 13.4. The first kappa shape index (κ1) is 46.9. The van der Waals surface area contributed by atoms with Crippen molar-refractivity contribution in [1.82, 2.24) is 19.6 Å². The van der Waals surface area contributed by atoms with E-state index in [1.54, 1.807) is 0 Å². The Morgan fingerprint density at radius 3 is 1.35 bits per heavy atom. The number of rotatable bonds is 15. The van der Waals surface area contributed by atoms with Crippen molar-refractivity contribution in [3.8, 4) is 5.75 Å². The van der Waals surface area contributed by atoms with Gasteiger partial charge in [0.05, 0.1) is 33.4 Å². The van der Waals surface area contributed by atoms with Crippen LogP contribution < -0.4 is 4.74 Å². The fraction of sp³-hybridized carbons (Fsp3) is 0.756. The molecule has 2 rings (SSSR count). The number of esters is 4. The van der Waals surface area contributed by atoms with Crippen molar-refractivity contribution in [2.75, 3.05) is 85.7 Å². The van der Waals surface area contributed by atoms with Gasteiger partial charge in [-0.1, -0.05) is 18.6 Å². The van der Waals surface area contributed by atoms with Crippen molar-refractivity contribution in [3.63, 3.8) is 0 Å². The van der Waals surface area contributed by atoms with E-state index in [2.05, 4.69) is 17.0 Å². The minimum absolute atomic E-state index is 0.0567. The zero-order valence-electron chi connectivity index (χ0n) is 35.2. The Kier molecular flexibility index (Phi) is 19.4. The average Bonchev–Trinajstić information content (AvgIpc) is 3.03. The second-order valence-electron chi connectivity index (χ2n) is 17.0. The number of aryl methyl sites for hydroxylation is 1. The lowest BCUT2D eigenvalue weighted by atomic mass is 10.0. The predicted octanol–water partition coefficient (Wildman–Crippen LogP) is 4.59. The largest absolute Gasteiger partial charge is 0.494 e. The van der Waals surface area contributed by atoms with Crippen LogP contribution >= 0.6 is 0 Å². The van der Waals surface area contributed by atoms with Crippen LogP contribution in [0.15, 0.2) is 24.3 Å². The van der Waals surface area contributed by atoms with E-state index in [9.17, 15) is 19.2 Å². The molecule has 0 N–H and O–H groups in total. The average molecular weight is 763 g/mol. The van der Waals surface area contributed by atoms with Crippen LogP contribution in [0.1, 0.15) is 94.1 Å². The molecule has 0 unspecified atom stereocenters. The van der Waals surface area contributed by atoms with Crippen molar-refractivity contribution in [3.05, 3.63) is 29.8 Å². The predicted molar refractivity (Wildman–Crippen MR) is 209 cm³/mol. The quantitative estimate of drug-likeness (QED) is 0.141. The Hall–Kier alpha value is -3.26. The molecule has 1 fully saturated rings. The molecule has 0 bridgehead atoms. The topological polar surface area (TPSA) is 127 Å². The molecule has 0 amide bonds. The second-order valence-corrected chi connectivity index (χ2v) is 17.0. The van der Waals surface area contributed by atoms with Gasteiger partial charge < -0.3 is 23.7 Å². The zero-order chi connectivity index (χ0) is 40.5. The Balaban J connectivity index is 2.35. The fourth-order valence-corrected chi connectivity index (χ4v) is 6.18. The molecule has 0 aromatic heterocycles. The molecule has 13 nitrogen and oxygen atoms in total. The number of hydrogen-bond donors (Lipinski definition) is 0. The van der Waals surface area contributed by atoms with Gasteiger partial charge in [0.2, 0.25) is 0 Å². The lowest BCUT2D eigenvalue weighted by Gasteiger charge is -2.36. The van der Waals surface area contributed by atoms with Crippen LogP contribution in [0.2, 0.25) is 0 Å². The van der Waals surface area contributed by atoms with Crippen molar-refractivity contribution < 1.29 is 42.9 Å². The normalized spacial score (nSPS) is 17.1. The van der Waals surface area contributed by atoms with Crippen molar-refractivity contribution in [2.24, 2.45) is 0 Å². The number of methoxy groups -OCH3 is 1. The molecule has 0 saturated carbocycles. The monoisotopic (exact) mass is 763 g/mol. The summed E-state index contributed by atoms with van der Waals surface area (Å²) in [5.41, 5.74) is -0.714. The van der Waals surface area contributed by atoms with E-state index < -0.39 is 22.8 Å². The lowest BCUT2D eigenvalue weighted by Crippen LogP contribution is -2.52. The molecule has 1 saturated heterocycles. The number of unbranched alkanes of at least 4 members (excludes halogenated alkanes) is 1. The number of ether oxygens (including phenoxy) is 5. The highest BCUT2D eigenvalue weighted by Gasteiger charge is 2.30. The molecule has 1 atom stereocenters. The summed E-state index contributed by atoms with van der Waals surface area (Å²) < 4.78 is 27.9. The third-order valence-corrected chi connectivity index (χ3v) is 8.53. The van der Waals surface area contributed by atoms with Gasteiger partial charge in [-0.2, -0.15) is 0 Å². The molecule has 13 heteroatoms. The van der Waals surface area contributed by atoms with Gasteiger partial charge in [-0.05, 0) is 106 Å². The Labute approximate surface area is 324 Å². The SMILES string of the molecule is CCOc1ccc(CCCC[C@@H](C(=O)OC)N2CCN(CC(=O)OC(C)(C)C)CCN(CC(=O)OC(C)(C)C)CCN(CC(=O)OC(C)(C)C)CC2)cc1. The molecular weight excluding hydrogens is 692 g/mol. The number of nitrogens with zero attached hydrogens (tertiary/aromatic N) is 4. The lowest BCUT2D eigenvalue weighted by molar-refractivity contribution is -0.159. The van der Waals surface area contributed by atoms with Crippen LogP contribution in [0, 0.1) is 0 Å². The van der Waals surface area contributed by atoms with Crippen molar-refractivity contribution in [2.45, 2.75) is 118 Å². The van der Waals surface area contributed by atoms with Gasteiger partial charge in [0.25, 0.3) is 0 Å². The van der Waals surface area contributed by atoms with E-state index in [1.807, 2.05) is 96.1 Å². The van der Waals surface area contributed by atoms with E-state index in [0.717, 1.165) is 25.0 Å². The summed E-state index contributed by atoms with van der Waals surface area (Å²) in [4.78, 5) is 60.7. The Bertz CT molecular complexity index is 1260. The van der Waals surface area contributed by atoms with E-state index in [1.165, 1.54) is 12.7 Å². The second kappa shape index (κ2) is 22.3. The van der Waals surface area contributed by atoms with Gasteiger partial charge in [-0.15, -0.1) is 0 Å². The van der Waals surface area contributed by atoms with Gasteiger partial charge in [0, 0.05) is 52.4 Å². The van der Waals surface area contributed by atoms with E-state index >= 15 is 0 Å². The molecule has 1 aliphatic heterocycles. The Morgan fingerprint density at radius 1 is 0.611 bits per heavy atom. The summed E-state index contributed by atoms with van der Waals surface area (Å²) in [5.74, 6) is -0.505. The molecule has 1 aromatic carbocycles. The van der Waals surface area contributed by atoms with Gasteiger partial charge in [-0.3, -0.25) is 38.8 Å². The van der Waals surface area contributed by atoms with E-state index in [-0.39, 0.29) is 43.5 Å².